The van der Waals surface area contributed by atoms with E-state index in [1.165, 1.54) is 36.4 Å². The number of nitro groups is 1. The number of Topliss-reactive ketones (excluding diaryl/α,β-unsaturated/α-hetero) is 1. The fraction of sp³-hybridized carbons (Fsp3) is 0.105. The Kier molecular flexibility index (Phi) is 4.90. The molecule has 1 saturated heterocycles. The smallest absolute Gasteiger partial charge is 0.323 e. The number of aliphatic carboxylic acids is 1. The molecule has 1 unspecified atom stereocenters. The van der Waals surface area contributed by atoms with Gasteiger partial charge in [-0.2, -0.15) is 0 Å². The Bertz CT molecular complexity index is 997. The number of carboxylic acids is 1. The summed E-state index contributed by atoms with van der Waals surface area (Å²) < 4.78 is 0. The minimum absolute atomic E-state index is 0.206. The Morgan fingerprint density at radius 1 is 1.04 bits per heavy atom. The van der Waals surface area contributed by atoms with Crippen molar-refractivity contribution in [1.29, 1.82) is 0 Å². The molecule has 1 amide bonds. The van der Waals surface area contributed by atoms with Crippen LogP contribution in [-0.2, 0) is 14.4 Å². The second-order valence-electron chi connectivity index (χ2n) is 6.04. The quantitative estimate of drug-likeness (QED) is 0.265. The second kappa shape index (κ2) is 7.31. The lowest BCUT2D eigenvalue weighted by molar-refractivity contribution is -0.384. The monoisotopic (exact) mass is 382 g/mol. The van der Waals surface area contributed by atoms with Gasteiger partial charge in [0.2, 0.25) is 0 Å². The molecule has 1 atom stereocenters. The van der Waals surface area contributed by atoms with E-state index in [9.17, 15) is 29.6 Å². The van der Waals surface area contributed by atoms with Crippen LogP contribution >= 0.6 is 0 Å². The highest BCUT2D eigenvalue weighted by Crippen LogP contribution is 2.39. The fourth-order valence-corrected chi connectivity index (χ4v) is 3.07. The van der Waals surface area contributed by atoms with Crippen molar-refractivity contribution in [1.82, 2.24) is 4.90 Å². The number of ketones is 1. The molecule has 2 N–H and O–H groups in total. The zero-order valence-electron chi connectivity index (χ0n) is 14.3. The van der Waals surface area contributed by atoms with Crippen molar-refractivity contribution in [3.05, 3.63) is 81.4 Å². The van der Waals surface area contributed by atoms with Gasteiger partial charge in [0.25, 0.3) is 17.4 Å². The SMILES string of the molecule is O=C(O)CN1C(=O)C(=O)/C(=C(/O)c2ccccc2)C1c1ccc([N+](=O)[O-])cc1. The van der Waals surface area contributed by atoms with Crippen LogP contribution in [0.3, 0.4) is 0 Å². The molecule has 9 nitrogen and oxygen atoms in total. The normalized spacial score (nSPS) is 18.3. The number of aliphatic hydroxyl groups is 1. The van der Waals surface area contributed by atoms with Crippen molar-refractivity contribution in [3.63, 3.8) is 0 Å². The van der Waals surface area contributed by atoms with E-state index in [0.717, 1.165) is 4.90 Å². The molecule has 1 aliphatic rings. The van der Waals surface area contributed by atoms with E-state index < -0.39 is 40.9 Å². The Hall–Kier alpha value is -4.01. The number of amides is 1. The average Bonchev–Trinajstić information content (AvgIpc) is 2.92. The maximum Gasteiger partial charge on any atom is 0.323 e. The standard InChI is InChI=1S/C19H14N2O7/c22-14(23)10-20-16(11-6-8-13(9-7-11)21(27)28)15(18(25)19(20)26)17(24)12-4-2-1-3-5-12/h1-9,16,24H,10H2,(H,22,23)/b17-15+. The molecule has 9 heteroatoms. The summed E-state index contributed by atoms with van der Waals surface area (Å²) in [4.78, 5) is 47.2. The molecule has 1 aliphatic heterocycles. The summed E-state index contributed by atoms with van der Waals surface area (Å²) >= 11 is 0. The van der Waals surface area contributed by atoms with Crippen molar-refractivity contribution in [2.24, 2.45) is 0 Å². The third-order valence-corrected chi connectivity index (χ3v) is 4.31. The van der Waals surface area contributed by atoms with Gasteiger partial charge in [0.05, 0.1) is 16.5 Å². The second-order valence-corrected chi connectivity index (χ2v) is 6.04. The molecule has 0 spiro atoms. The van der Waals surface area contributed by atoms with Crippen molar-refractivity contribution in [2.75, 3.05) is 6.54 Å². The number of non-ortho nitro benzene ring substituents is 1. The molecule has 0 aromatic heterocycles. The summed E-state index contributed by atoms with van der Waals surface area (Å²) in [7, 11) is 0. The van der Waals surface area contributed by atoms with E-state index in [0.29, 0.717) is 0 Å². The van der Waals surface area contributed by atoms with Gasteiger partial charge in [-0.3, -0.25) is 24.5 Å². The van der Waals surface area contributed by atoms with Crippen LogP contribution in [-0.4, -0.2) is 44.2 Å². The predicted molar refractivity (Wildman–Crippen MR) is 96.2 cm³/mol. The van der Waals surface area contributed by atoms with E-state index in [2.05, 4.69) is 0 Å². The largest absolute Gasteiger partial charge is 0.507 e. The maximum atomic E-state index is 12.6. The number of carbonyl (C=O) groups excluding carboxylic acids is 2. The van der Waals surface area contributed by atoms with Gasteiger partial charge in [-0.25, -0.2) is 0 Å². The Morgan fingerprint density at radius 2 is 1.64 bits per heavy atom. The summed E-state index contributed by atoms with van der Waals surface area (Å²) in [5.74, 6) is -3.88. The van der Waals surface area contributed by atoms with Gasteiger partial charge in [-0.15, -0.1) is 0 Å². The van der Waals surface area contributed by atoms with Crippen LogP contribution in [0.15, 0.2) is 60.2 Å². The van der Waals surface area contributed by atoms with Crippen LogP contribution in [0.4, 0.5) is 5.69 Å². The molecule has 142 valence electrons. The number of benzene rings is 2. The number of aliphatic hydroxyl groups excluding tert-OH is 1. The molecule has 0 saturated carbocycles. The molecule has 3 rings (SSSR count). The number of rotatable bonds is 5. The highest BCUT2D eigenvalue weighted by molar-refractivity contribution is 6.46. The molecule has 28 heavy (non-hydrogen) atoms. The van der Waals surface area contributed by atoms with Gasteiger partial charge in [-0.05, 0) is 17.7 Å². The van der Waals surface area contributed by atoms with Gasteiger partial charge in [-0.1, -0.05) is 30.3 Å². The first-order chi connectivity index (χ1) is 13.3. The predicted octanol–water partition coefficient (Wildman–Crippen LogP) is 2.10. The van der Waals surface area contributed by atoms with Crippen LogP contribution in [0.2, 0.25) is 0 Å². The number of carboxylic acid groups (broad SMARTS) is 1. The lowest BCUT2D eigenvalue weighted by Gasteiger charge is -2.23. The summed E-state index contributed by atoms with van der Waals surface area (Å²) in [5.41, 5.74) is 0.0690. The zero-order valence-corrected chi connectivity index (χ0v) is 14.3. The number of nitrogens with zero attached hydrogens (tertiary/aromatic N) is 2. The highest BCUT2D eigenvalue weighted by Gasteiger charge is 2.46. The van der Waals surface area contributed by atoms with Crippen molar-refractivity contribution < 1.29 is 29.5 Å². The van der Waals surface area contributed by atoms with Gasteiger partial charge in [0.1, 0.15) is 12.3 Å². The van der Waals surface area contributed by atoms with Crippen LogP contribution < -0.4 is 0 Å². The third-order valence-electron chi connectivity index (χ3n) is 4.31. The number of nitro benzene ring substituents is 1. The topological polar surface area (TPSA) is 138 Å². The van der Waals surface area contributed by atoms with Crippen LogP contribution in [0.5, 0.6) is 0 Å². The molecule has 2 aromatic carbocycles. The third kappa shape index (κ3) is 3.32. The first kappa shape index (κ1) is 18.8. The molecular formula is C19H14N2O7. The van der Waals surface area contributed by atoms with E-state index in [1.807, 2.05) is 0 Å². The minimum atomic E-state index is -1.34. The van der Waals surface area contributed by atoms with Gasteiger partial charge in [0.15, 0.2) is 0 Å². The summed E-state index contributed by atoms with van der Waals surface area (Å²) in [6.07, 6.45) is 0. The van der Waals surface area contributed by atoms with Crippen LogP contribution in [0, 0.1) is 10.1 Å². The molecule has 1 fully saturated rings. The Morgan fingerprint density at radius 3 is 2.18 bits per heavy atom. The fourth-order valence-electron chi connectivity index (χ4n) is 3.07. The van der Waals surface area contributed by atoms with E-state index in [-0.39, 0.29) is 22.4 Å². The first-order valence-electron chi connectivity index (χ1n) is 8.11. The Balaban J connectivity index is 2.18. The summed E-state index contributed by atoms with van der Waals surface area (Å²) in [6, 6.07) is 11.8. The molecule has 0 bridgehead atoms. The van der Waals surface area contributed by atoms with E-state index in [4.69, 9.17) is 5.11 Å². The van der Waals surface area contributed by atoms with E-state index in [1.54, 1.807) is 18.2 Å². The van der Waals surface area contributed by atoms with Gasteiger partial charge >= 0.3 is 5.97 Å². The number of likely N-dealkylation sites (tertiary alicyclic amines) is 1. The molecule has 0 radical (unpaired) electrons. The lowest BCUT2D eigenvalue weighted by Crippen LogP contribution is -2.34. The molecule has 2 aromatic rings. The first-order valence-corrected chi connectivity index (χ1v) is 8.11. The number of hydrogen-bond acceptors (Lipinski definition) is 6. The molecule has 0 aliphatic carbocycles. The Labute approximate surface area is 158 Å². The van der Waals surface area contributed by atoms with E-state index >= 15 is 0 Å². The van der Waals surface area contributed by atoms with Crippen molar-refractivity contribution in [3.8, 4) is 0 Å². The molecule has 1 heterocycles. The average molecular weight is 382 g/mol. The number of carbonyl (C=O) groups is 3. The summed E-state index contributed by atoms with van der Waals surface area (Å²) in [5, 5.41) is 30.7. The molecular weight excluding hydrogens is 368 g/mol. The van der Waals surface area contributed by atoms with Crippen molar-refractivity contribution >= 4 is 29.1 Å². The summed E-state index contributed by atoms with van der Waals surface area (Å²) in [6.45, 7) is -0.766. The van der Waals surface area contributed by atoms with Gasteiger partial charge < -0.3 is 15.1 Å². The minimum Gasteiger partial charge on any atom is -0.507 e. The maximum absolute atomic E-state index is 12.6. The van der Waals surface area contributed by atoms with Gasteiger partial charge in [0, 0.05) is 17.7 Å². The van der Waals surface area contributed by atoms with Crippen LogP contribution in [0.25, 0.3) is 5.76 Å². The highest BCUT2D eigenvalue weighted by atomic mass is 16.6. The lowest BCUT2D eigenvalue weighted by atomic mass is 9.95. The number of hydrogen-bond donors (Lipinski definition) is 2. The van der Waals surface area contributed by atoms with Crippen LogP contribution in [0.1, 0.15) is 17.2 Å². The van der Waals surface area contributed by atoms with Crippen molar-refractivity contribution in [2.45, 2.75) is 6.04 Å². The zero-order chi connectivity index (χ0) is 20.4.